The van der Waals surface area contributed by atoms with Gasteiger partial charge in [-0.3, -0.25) is 4.79 Å². The average Bonchev–Trinajstić information content (AvgIpc) is 3.15. The van der Waals surface area contributed by atoms with Crippen LogP contribution in [-0.2, 0) is 11.2 Å². The molecule has 0 saturated carbocycles. The molecule has 122 valence electrons. The number of benzene rings is 1. The Bertz CT molecular complexity index is 673. The maximum atomic E-state index is 12.2. The van der Waals surface area contributed by atoms with Crippen LogP contribution in [0.4, 0.5) is 0 Å². The minimum absolute atomic E-state index is 0.0102. The fourth-order valence-corrected chi connectivity index (χ4v) is 3.29. The molecule has 1 aliphatic rings. The second-order valence-electron chi connectivity index (χ2n) is 5.82. The second kappa shape index (κ2) is 7.47. The number of carbonyl (C=O) groups is 1. The highest BCUT2D eigenvalue weighted by atomic mass is 35.5. The lowest BCUT2D eigenvalue weighted by Crippen LogP contribution is -2.05. The van der Waals surface area contributed by atoms with Crippen molar-refractivity contribution in [2.75, 3.05) is 13.2 Å². The van der Waals surface area contributed by atoms with Gasteiger partial charge >= 0.3 is 0 Å². The lowest BCUT2D eigenvalue weighted by molar-refractivity contribution is 0.0962. The van der Waals surface area contributed by atoms with Crippen LogP contribution in [0.5, 0.6) is 0 Å². The molecule has 0 amide bonds. The zero-order valence-electron chi connectivity index (χ0n) is 12.6. The Morgan fingerprint density at radius 3 is 2.70 bits per heavy atom. The fraction of sp³-hybridized carbons (Fsp3) is 0.412. The molecule has 1 aromatic carbocycles. The minimum atomic E-state index is 0.0102. The summed E-state index contributed by atoms with van der Waals surface area (Å²) in [6.45, 7) is 1.56. The molecule has 23 heavy (non-hydrogen) atoms. The van der Waals surface area contributed by atoms with Crippen LogP contribution in [0.2, 0.25) is 10.0 Å². The number of rotatable bonds is 6. The van der Waals surface area contributed by atoms with Gasteiger partial charge in [0.15, 0.2) is 5.78 Å². The molecule has 1 aromatic heterocycles. The minimum Gasteiger partial charge on any atom is -0.381 e. The van der Waals surface area contributed by atoms with Crippen LogP contribution in [0.25, 0.3) is 0 Å². The van der Waals surface area contributed by atoms with Crippen LogP contribution in [0, 0.1) is 5.92 Å². The Labute approximate surface area is 144 Å². The van der Waals surface area contributed by atoms with Gasteiger partial charge in [0.1, 0.15) is 11.5 Å². The number of carbonyl (C=O) groups excluding carboxylic acids is 1. The first kappa shape index (κ1) is 16.5. The van der Waals surface area contributed by atoms with Crippen LogP contribution >= 0.6 is 23.2 Å². The third kappa shape index (κ3) is 4.56. The molecule has 0 N–H and O–H groups in total. The number of ether oxygens (including phenoxy) is 1. The molecular weight excluding hydrogens is 337 g/mol. The molecule has 1 fully saturated rings. The SMILES string of the molecule is O=C(CCC1CCOC1)c1cc(Cc2cc(Cl)cc(Cl)c2)on1. The highest BCUT2D eigenvalue weighted by Crippen LogP contribution is 2.22. The van der Waals surface area contributed by atoms with Crippen molar-refractivity contribution in [3.8, 4) is 0 Å². The summed E-state index contributed by atoms with van der Waals surface area (Å²) < 4.78 is 10.6. The van der Waals surface area contributed by atoms with Gasteiger partial charge in [-0.2, -0.15) is 0 Å². The molecule has 1 saturated heterocycles. The van der Waals surface area contributed by atoms with E-state index in [2.05, 4.69) is 5.16 Å². The monoisotopic (exact) mass is 353 g/mol. The molecule has 2 aromatic rings. The van der Waals surface area contributed by atoms with Crippen LogP contribution in [0.1, 0.15) is 41.1 Å². The zero-order chi connectivity index (χ0) is 16.2. The molecule has 6 heteroatoms. The smallest absolute Gasteiger partial charge is 0.184 e. The molecule has 3 rings (SSSR count). The van der Waals surface area contributed by atoms with E-state index in [-0.39, 0.29) is 5.78 Å². The number of aromatic nitrogens is 1. The largest absolute Gasteiger partial charge is 0.381 e. The van der Waals surface area contributed by atoms with E-state index in [1.165, 1.54) is 0 Å². The molecule has 1 aliphatic heterocycles. The zero-order valence-corrected chi connectivity index (χ0v) is 14.1. The summed E-state index contributed by atoms with van der Waals surface area (Å²) in [5.74, 6) is 1.12. The molecule has 0 bridgehead atoms. The molecule has 0 spiro atoms. The van der Waals surface area contributed by atoms with Crippen molar-refractivity contribution in [3.05, 3.63) is 51.3 Å². The van der Waals surface area contributed by atoms with E-state index in [0.717, 1.165) is 31.6 Å². The van der Waals surface area contributed by atoms with Crippen LogP contribution in [0.3, 0.4) is 0 Å². The van der Waals surface area contributed by atoms with E-state index in [9.17, 15) is 4.79 Å². The third-order valence-electron chi connectivity index (χ3n) is 3.95. The van der Waals surface area contributed by atoms with Gasteiger partial charge in [-0.15, -0.1) is 0 Å². The number of halogens is 2. The first-order valence-electron chi connectivity index (χ1n) is 7.61. The number of Topliss-reactive ketones (excluding diaryl/α,β-unsaturated/α-hetero) is 1. The topological polar surface area (TPSA) is 52.3 Å². The van der Waals surface area contributed by atoms with Gasteiger partial charge in [-0.05, 0) is 42.5 Å². The van der Waals surface area contributed by atoms with E-state index < -0.39 is 0 Å². The molecule has 4 nitrogen and oxygen atoms in total. The van der Waals surface area contributed by atoms with E-state index in [0.29, 0.717) is 40.3 Å². The van der Waals surface area contributed by atoms with Gasteiger partial charge in [-0.1, -0.05) is 28.4 Å². The predicted octanol–water partition coefficient (Wildman–Crippen LogP) is 4.57. The van der Waals surface area contributed by atoms with E-state index >= 15 is 0 Å². The van der Waals surface area contributed by atoms with Crippen molar-refractivity contribution >= 4 is 29.0 Å². The molecule has 1 unspecified atom stereocenters. The maximum Gasteiger partial charge on any atom is 0.184 e. The molecule has 1 atom stereocenters. The van der Waals surface area contributed by atoms with Crippen molar-refractivity contribution in [1.29, 1.82) is 0 Å². The van der Waals surface area contributed by atoms with Gasteiger partial charge in [0.05, 0.1) is 0 Å². The second-order valence-corrected chi connectivity index (χ2v) is 6.70. The van der Waals surface area contributed by atoms with Crippen LogP contribution < -0.4 is 0 Å². The van der Waals surface area contributed by atoms with Gasteiger partial charge in [-0.25, -0.2) is 0 Å². The Kier molecular flexibility index (Phi) is 5.36. The maximum absolute atomic E-state index is 12.2. The summed E-state index contributed by atoms with van der Waals surface area (Å²) in [7, 11) is 0. The first-order chi connectivity index (χ1) is 11.1. The van der Waals surface area contributed by atoms with Crippen molar-refractivity contribution in [2.45, 2.75) is 25.7 Å². The molecular formula is C17H17Cl2NO3. The van der Waals surface area contributed by atoms with Gasteiger partial charge in [0.2, 0.25) is 0 Å². The molecule has 2 heterocycles. The molecule has 0 radical (unpaired) electrons. The number of hydrogen-bond donors (Lipinski definition) is 0. The highest BCUT2D eigenvalue weighted by molar-refractivity contribution is 6.34. The van der Waals surface area contributed by atoms with E-state index in [1.807, 2.05) is 12.1 Å². The van der Waals surface area contributed by atoms with Crippen LogP contribution in [-0.4, -0.2) is 24.2 Å². The normalized spacial score (nSPS) is 17.6. The predicted molar refractivity (Wildman–Crippen MR) is 88.3 cm³/mol. The van der Waals surface area contributed by atoms with Crippen LogP contribution in [0.15, 0.2) is 28.8 Å². The lowest BCUT2D eigenvalue weighted by Gasteiger charge is -2.04. The average molecular weight is 354 g/mol. The van der Waals surface area contributed by atoms with Gasteiger partial charge in [0.25, 0.3) is 0 Å². The summed E-state index contributed by atoms with van der Waals surface area (Å²) in [5.41, 5.74) is 1.30. The van der Waals surface area contributed by atoms with E-state index in [4.69, 9.17) is 32.5 Å². The third-order valence-corrected chi connectivity index (χ3v) is 4.39. The summed E-state index contributed by atoms with van der Waals surface area (Å²) in [4.78, 5) is 12.2. The summed E-state index contributed by atoms with van der Waals surface area (Å²) >= 11 is 12.0. The van der Waals surface area contributed by atoms with Gasteiger partial charge < -0.3 is 9.26 Å². The van der Waals surface area contributed by atoms with Crippen molar-refractivity contribution in [2.24, 2.45) is 5.92 Å². The Hall–Kier alpha value is -1.36. The summed E-state index contributed by atoms with van der Waals surface area (Å²) in [6, 6.07) is 7.01. The number of hydrogen-bond acceptors (Lipinski definition) is 4. The van der Waals surface area contributed by atoms with E-state index in [1.54, 1.807) is 12.1 Å². The van der Waals surface area contributed by atoms with Gasteiger partial charge in [0, 0.05) is 42.2 Å². The summed E-state index contributed by atoms with van der Waals surface area (Å²) in [6.07, 6.45) is 2.85. The number of nitrogens with zero attached hydrogens (tertiary/aromatic N) is 1. The Balaban J connectivity index is 1.59. The standard InChI is InChI=1S/C17H17Cl2NO3/c18-13-5-12(6-14(19)8-13)7-15-9-16(20-23-15)17(21)2-1-11-3-4-22-10-11/h5-6,8-9,11H,1-4,7,10H2. The number of ketones is 1. The van der Waals surface area contributed by atoms with Crippen molar-refractivity contribution in [1.82, 2.24) is 5.16 Å². The highest BCUT2D eigenvalue weighted by Gasteiger charge is 2.19. The quantitative estimate of drug-likeness (QED) is 0.713. The Morgan fingerprint density at radius 1 is 1.22 bits per heavy atom. The fourth-order valence-electron chi connectivity index (χ4n) is 2.72. The first-order valence-corrected chi connectivity index (χ1v) is 8.37. The summed E-state index contributed by atoms with van der Waals surface area (Å²) in [5, 5.41) is 5.02. The lowest BCUT2D eigenvalue weighted by atomic mass is 10.00. The molecule has 0 aliphatic carbocycles. The van der Waals surface area contributed by atoms with Crippen molar-refractivity contribution in [3.63, 3.8) is 0 Å². The van der Waals surface area contributed by atoms with Crippen molar-refractivity contribution < 1.29 is 14.1 Å². The Morgan fingerprint density at radius 2 is 2.00 bits per heavy atom.